The first-order valence-corrected chi connectivity index (χ1v) is 7.48. The minimum atomic E-state index is -0.216. The monoisotopic (exact) mass is 311 g/mol. The number of rotatable bonds is 7. The quantitative estimate of drug-likeness (QED) is 0.759. The van der Waals surface area contributed by atoms with E-state index in [1.54, 1.807) is 12.1 Å². The molecule has 6 heteroatoms. The summed E-state index contributed by atoms with van der Waals surface area (Å²) in [6, 6.07) is 4.75. The van der Waals surface area contributed by atoms with E-state index in [0.717, 1.165) is 12.8 Å². The van der Waals surface area contributed by atoms with Gasteiger partial charge in [-0.25, -0.2) is 0 Å². The summed E-state index contributed by atoms with van der Waals surface area (Å²) in [5, 5.41) is 3.18. The van der Waals surface area contributed by atoms with Crippen LogP contribution >= 0.6 is 11.6 Å². The van der Waals surface area contributed by atoms with Crippen LogP contribution in [0.4, 0.5) is 5.69 Å². The topological polar surface area (TPSA) is 75.4 Å². The van der Waals surface area contributed by atoms with Crippen molar-refractivity contribution in [3.05, 3.63) is 28.8 Å². The van der Waals surface area contributed by atoms with Crippen molar-refractivity contribution in [3.8, 4) is 0 Å². The summed E-state index contributed by atoms with van der Waals surface area (Å²) in [6.45, 7) is 5.11. The van der Waals surface area contributed by atoms with E-state index in [9.17, 15) is 9.59 Å². The minimum absolute atomic E-state index is 0.0508. The van der Waals surface area contributed by atoms with E-state index in [4.69, 9.17) is 17.3 Å². The number of halogens is 1. The van der Waals surface area contributed by atoms with Crippen LogP contribution in [-0.2, 0) is 4.79 Å². The Morgan fingerprint density at radius 2 is 2.00 bits per heavy atom. The number of amides is 2. The van der Waals surface area contributed by atoms with Crippen LogP contribution in [0.25, 0.3) is 0 Å². The SMILES string of the molecule is CCCNC(=O)CN(CCC)C(=O)c1ccc(Cl)c(N)c1. The molecule has 21 heavy (non-hydrogen) atoms. The van der Waals surface area contributed by atoms with Gasteiger partial charge >= 0.3 is 0 Å². The predicted molar refractivity (Wildman–Crippen MR) is 85.4 cm³/mol. The summed E-state index contributed by atoms with van der Waals surface area (Å²) >= 11 is 5.85. The molecule has 0 aromatic heterocycles. The number of nitrogens with one attached hydrogen (secondary N) is 1. The van der Waals surface area contributed by atoms with Crippen LogP contribution in [0.15, 0.2) is 18.2 Å². The van der Waals surface area contributed by atoms with E-state index in [0.29, 0.717) is 29.4 Å². The second kappa shape index (κ2) is 8.52. The number of anilines is 1. The van der Waals surface area contributed by atoms with Gasteiger partial charge in [-0.2, -0.15) is 0 Å². The lowest BCUT2D eigenvalue weighted by molar-refractivity contribution is -0.121. The van der Waals surface area contributed by atoms with Gasteiger partial charge in [0.1, 0.15) is 0 Å². The average molecular weight is 312 g/mol. The zero-order valence-electron chi connectivity index (χ0n) is 12.5. The second-order valence-electron chi connectivity index (χ2n) is 4.81. The number of hydrogen-bond acceptors (Lipinski definition) is 3. The molecule has 1 aromatic carbocycles. The highest BCUT2D eigenvalue weighted by Crippen LogP contribution is 2.20. The molecule has 0 fully saturated rings. The lowest BCUT2D eigenvalue weighted by atomic mass is 10.1. The smallest absolute Gasteiger partial charge is 0.254 e. The van der Waals surface area contributed by atoms with Gasteiger partial charge in [-0.15, -0.1) is 0 Å². The Kier molecular flexibility index (Phi) is 7.02. The largest absolute Gasteiger partial charge is 0.398 e. The summed E-state index contributed by atoms with van der Waals surface area (Å²) in [6.07, 6.45) is 1.64. The highest BCUT2D eigenvalue weighted by atomic mass is 35.5. The Labute approximate surface area is 130 Å². The van der Waals surface area contributed by atoms with Gasteiger partial charge in [0.05, 0.1) is 17.3 Å². The van der Waals surface area contributed by atoms with Gasteiger partial charge in [0.2, 0.25) is 5.91 Å². The lowest BCUT2D eigenvalue weighted by Crippen LogP contribution is -2.41. The molecule has 0 aliphatic carbocycles. The van der Waals surface area contributed by atoms with Gasteiger partial charge in [0, 0.05) is 18.7 Å². The maximum atomic E-state index is 12.5. The summed E-state index contributed by atoms with van der Waals surface area (Å²) in [4.78, 5) is 25.8. The van der Waals surface area contributed by atoms with E-state index in [2.05, 4.69) is 5.32 Å². The second-order valence-corrected chi connectivity index (χ2v) is 5.22. The molecule has 1 aromatic rings. The lowest BCUT2D eigenvalue weighted by Gasteiger charge is -2.22. The van der Waals surface area contributed by atoms with E-state index in [-0.39, 0.29) is 18.4 Å². The van der Waals surface area contributed by atoms with E-state index in [1.165, 1.54) is 11.0 Å². The maximum Gasteiger partial charge on any atom is 0.254 e. The van der Waals surface area contributed by atoms with Crippen LogP contribution in [0.3, 0.4) is 0 Å². The van der Waals surface area contributed by atoms with Crippen molar-refractivity contribution < 1.29 is 9.59 Å². The zero-order valence-corrected chi connectivity index (χ0v) is 13.2. The fourth-order valence-electron chi connectivity index (χ4n) is 1.88. The van der Waals surface area contributed by atoms with Crippen molar-refractivity contribution in [2.45, 2.75) is 26.7 Å². The van der Waals surface area contributed by atoms with Gasteiger partial charge in [-0.3, -0.25) is 9.59 Å². The van der Waals surface area contributed by atoms with Crippen molar-refractivity contribution >= 4 is 29.1 Å². The van der Waals surface area contributed by atoms with Crippen molar-refractivity contribution in [2.75, 3.05) is 25.4 Å². The summed E-state index contributed by atoms with van der Waals surface area (Å²) in [7, 11) is 0. The molecule has 0 spiro atoms. The first kappa shape index (κ1) is 17.3. The number of nitrogen functional groups attached to an aromatic ring is 1. The van der Waals surface area contributed by atoms with Crippen LogP contribution in [0.2, 0.25) is 5.02 Å². The van der Waals surface area contributed by atoms with Crippen LogP contribution in [0.5, 0.6) is 0 Å². The molecule has 0 saturated heterocycles. The average Bonchev–Trinajstić information content (AvgIpc) is 2.46. The van der Waals surface area contributed by atoms with Crippen LogP contribution in [-0.4, -0.2) is 36.3 Å². The van der Waals surface area contributed by atoms with Gasteiger partial charge in [0.25, 0.3) is 5.91 Å². The van der Waals surface area contributed by atoms with Gasteiger partial charge in [0.15, 0.2) is 0 Å². The molecule has 0 aliphatic rings. The summed E-state index contributed by atoms with van der Waals surface area (Å²) < 4.78 is 0. The van der Waals surface area contributed by atoms with Crippen LogP contribution < -0.4 is 11.1 Å². The third-order valence-electron chi connectivity index (χ3n) is 2.93. The molecule has 0 aliphatic heterocycles. The Morgan fingerprint density at radius 1 is 1.29 bits per heavy atom. The van der Waals surface area contributed by atoms with E-state index < -0.39 is 0 Å². The molecule has 5 nitrogen and oxygen atoms in total. The predicted octanol–water partition coefficient (Wildman–Crippen LogP) is 2.30. The van der Waals surface area contributed by atoms with Crippen molar-refractivity contribution in [1.82, 2.24) is 10.2 Å². The third kappa shape index (κ3) is 5.27. The molecule has 0 unspecified atom stereocenters. The normalized spacial score (nSPS) is 10.2. The van der Waals surface area contributed by atoms with Crippen LogP contribution in [0, 0.1) is 0 Å². The zero-order chi connectivity index (χ0) is 15.8. The number of nitrogens with zero attached hydrogens (tertiary/aromatic N) is 1. The molecular formula is C15H22ClN3O2. The maximum absolute atomic E-state index is 12.5. The Bertz CT molecular complexity index is 506. The van der Waals surface area contributed by atoms with E-state index >= 15 is 0 Å². The molecule has 0 radical (unpaired) electrons. The molecule has 1 rings (SSSR count). The van der Waals surface area contributed by atoms with Gasteiger partial charge in [-0.05, 0) is 31.0 Å². The Morgan fingerprint density at radius 3 is 2.57 bits per heavy atom. The summed E-state index contributed by atoms with van der Waals surface area (Å²) in [5.74, 6) is -0.368. The van der Waals surface area contributed by atoms with Crippen LogP contribution in [0.1, 0.15) is 37.0 Å². The molecular weight excluding hydrogens is 290 g/mol. The third-order valence-corrected chi connectivity index (χ3v) is 3.27. The number of nitrogens with two attached hydrogens (primary N) is 1. The van der Waals surface area contributed by atoms with Crippen molar-refractivity contribution in [2.24, 2.45) is 0 Å². The molecule has 2 amide bonds. The Hall–Kier alpha value is -1.75. The number of benzene rings is 1. The highest BCUT2D eigenvalue weighted by molar-refractivity contribution is 6.33. The fourth-order valence-corrected chi connectivity index (χ4v) is 1.99. The number of carbonyl (C=O) groups excluding carboxylic acids is 2. The fraction of sp³-hybridized carbons (Fsp3) is 0.467. The molecule has 3 N–H and O–H groups in total. The van der Waals surface area contributed by atoms with Crippen molar-refractivity contribution in [1.29, 1.82) is 0 Å². The molecule has 116 valence electrons. The molecule has 0 atom stereocenters. The summed E-state index contributed by atoms with van der Waals surface area (Å²) in [5.41, 5.74) is 6.51. The first-order valence-electron chi connectivity index (χ1n) is 7.10. The van der Waals surface area contributed by atoms with E-state index in [1.807, 2.05) is 13.8 Å². The van der Waals surface area contributed by atoms with Crippen molar-refractivity contribution in [3.63, 3.8) is 0 Å². The standard InChI is InChI=1S/C15H22ClN3O2/c1-3-7-18-14(20)10-19(8-4-2)15(21)11-5-6-12(16)13(17)9-11/h5-6,9H,3-4,7-8,10,17H2,1-2H3,(H,18,20). The minimum Gasteiger partial charge on any atom is -0.398 e. The molecule has 0 heterocycles. The number of carbonyl (C=O) groups is 2. The number of hydrogen-bond donors (Lipinski definition) is 2. The van der Waals surface area contributed by atoms with Gasteiger partial charge < -0.3 is 16.0 Å². The first-order chi connectivity index (χ1) is 9.99. The highest BCUT2D eigenvalue weighted by Gasteiger charge is 2.18. The Balaban J connectivity index is 2.81. The molecule has 0 saturated carbocycles. The molecule has 0 bridgehead atoms. The van der Waals surface area contributed by atoms with Gasteiger partial charge in [-0.1, -0.05) is 25.4 Å².